The predicted octanol–water partition coefficient (Wildman–Crippen LogP) is 4.00. The number of halogens is 2. The van der Waals surface area contributed by atoms with Crippen LogP contribution >= 0.6 is 27.5 Å². The topological polar surface area (TPSA) is 61.4 Å². The second kappa shape index (κ2) is 8.99. The molecule has 5 nitrogen and oxygen atoms in total. The summed E-state index contributed by atoms with van der Waals surface area (Å²) in [7, 11) is 1.72. The number of hydrogen-bond donors (Lipinski definition) is 2. The van der Waals surface area contributed by atoms with E-state index in [2.05, 4.69) is 26.6 Å². The molecule has 0 bridgehead atoms. The molecular weight excluding hydrogens is 406 g/mol. The zero-order valence-corrected chi connectivity index (χ0v) is 16.3. The highest BCUT2D eigenvalue weighted by Crippen LogP contribution is 2.21. The van der Waals surface area contributed by atoms with Crippen LogP contribution in [0.5, 0.6) is 0 Å². The Morgan fingerprint density at radius 1 is 1.16 bits per heavy atom. The third kappa shape index (κ3) is 5.85. The molecule has 1 atom stereocenters. The van der Waals surface area contributed by atoms with Gasteiger partial charge in [-0.1, -0.05) is 29.8 Å². The van der Waals surface area contributed by atoms with Crippen molar-refractivity contribution >= 4 is 50.7 Å². The van der Waals surface area contributed by atoms with Crippen LogP contribution in [-0.2, 0) is 9.59 Å². The van der Waals surface area contributed by atoms with Crippen LogP contribution in [0, 0.1) is 0 Å². The van der Waals surface area contributed by atoms with Crippen LogP contribution in [0.25, 0.3) is 0 Å². The lowest BCUT2D eigenvalue weighted by atomic mass is 10.2. The Hall–Kier alpha value is -1.89. The van der Waals surface area contributed by atoms with Gasteiger partial charge in [-0.2, -0.15) is 0 Å². The van der Waals surface area contributed by atoms with Gasteiger partial charge in [0.1, 0.15) is 0 Å². The quantitative estimate of drug-likeness (QED) is 0.737. The van der Waals surface area contributed by atoms with Gasteiger partial charge in [0, 0.05) is 15.2 Å². The molecule has 132 valence electrons. The smallest absolute Gasteiger partial charge is 0.241 e. The van der Waals surface area contributed by atoms with Crippen molar-refractivity contribution in [3.63, 3.8) is 0 Å². The molecule has 2 rings (SSSR count). The second-order valence-electron chi connectivity index (χ2n) is 5.62. The Kier molecular flexibility index (Phi) is 6.99. The summed E-state index contributed by atoms with van der Waals surface area (Å²) >= 11 is 9.29. The van der Waals surface area contributed by atoms with Crippen LogP contribution in [0.15, 0.2) is 53.0 Å². The highest BCUT2D eigenvalue weighted by atomic mass is 79.9. The minimum atomic E-state index is -0.482. The van der Waals surface area contributed by atoms with E-state index in [1.54, 1.807) is 49.2 Å². The SMILES string of the molecule is C[C@H](C(=O)Nc1cccc(Cl)c1)N(C)CC(=O)Nc1ccccc1Br. The Balaban J connectivity index is 1.90. The van der Waals surface area contributed by atoms with Crippen LogP contribution in [0.4, 0.5) is 11.4 Å². The summed E-state index contributed by atoms with van der Waals surface area (Å²) in [6.07, 6.45) is 0. The first-order valence-corrected chi connectivity index (χ1v) is 8.85. The fourth-order valence-electron chi connectivity index (χ4n) is 2.13. The largest absolute Gasteiger partial charge is 0.325 e. The molecular formula is C18H19BrClN3O2. The van der Waals surface area contributed by atoms with E-state index in [0.29, 0.717) is 16.4 Å². The summed E-state index contributed by atoms with van der Waals surface area (Å²) in [5, 5.41) is 6.15. The maximum Gasteiger partial charge on any atom is 0.241 e. The van der Waals surface area contributed by atoms with Gasteiger partial charge in [-0.25, -0.2) is 0 Å². The van der Waals surface area contributed by atoms with Crippen molar-refractivity contribution in [2.24, 2.45) is 0 Å². The van der Waals surface area contributed by atoms with Crippen molar-refractivity contribution in [2.75, 3.05) is 24.2 Å². The molecule has 7 heteroatoms. The fourth-order valence-corrected chi connectivity index (χ4v) is 2.70. The normalized spacial score (nSPS) is 11.9. The van der Waals surface area contributed by atoms with Crippen LogP contribution < -0.4 is 10.6 Å². The zero-order valence-electron chi connectivity index (χ0n) is 13.9. The minimum absolute atomic E-state index is 0.0888. The average molecular weight is 425 g/mol. The summed E-state index contributed by atoms with van der Waals surface area (Å²) in [5.74, 6) is -0.407. The van der Waals surface area contributed by atoms with E-state index in [1.165, 1.54) is 0 Å². The van der Waals surface area contributed by atoms with Crippen molar-refractivity contribution in [1.29, 1.82) is 0 Å². The third-order valence-electron chi connectivity index (χ3n) is 3.67. The van der Waals surface area contributed by atoms with Crippen molar-refractivity contribution in [3.05, 3.63) is 58.0 Å². The first kappa shape index (κ1) is 19.4. The first-order chi connectivity index (χ1) is 11.9. The number of likely N-dealkylation sites (N-methyl/N-ethyl adjacent to an activating group) is 1. The van der Waals surface area contributed by atoms with Gasteiger partial charge in [-0.15, -0.1) is 0 Å². The van der Waals surface area contributed by atoms with Gasteiger partial charge < -0.3 is 10.6 Å². The molecule has 0 aliphatic heterocycles. The molecule has 0 fully saturated rings. The van der Waals surface area contributed by atoms with Crippen molar-refractivity contribution < 1.29 is 9.59 Å². The van der Waals surface area contributed by atoms with Crippen LogP contribution in [-0.4, -0.2) is 36.3 Å². The van der Waals surface area contributed by atoms with Gasteiger partial charge in [0.25, 0.3) is 0 Å². The number of amides is 2. The molecule has 2 N–H and O–H groups in total. The third-order valence-corrected chi connectivity index (χ3v) is 4.60. The molecule has 2 amide bonds. The van der Waals surface area contributed by atoms with E-state index >= 15 is 0 Å². The summed E-state index contributed by atoms with van der Waals surface area (Å²) in [5.41, 5.74) is 1.31. The minimum Gasteiger partial charge on any atom is -0.325 e. The number of para-hydroxylation sites is 1. The summed E-state index contributed by atoms with van der Waals surface area (Å²) in [6.45, 7) is 1.83. The Morgan fingerprint density at radius 3 is 2.56 bits per heavy atom. The molecule has 2 aromatic rings. The lowest BCUT2D eigenvalue weighted by Crippen LogP contribution is -2.43. The number of nitrogens with zero attached hydrogens (tertiary/aromatic N) is 1. The number of nitrogens with one attached hydrogen (secondary N) is 2. The molecule has 0 saturated heterocycles. The Morgan fingerprint density at radius 2 is 1.88 bits per heavy atom. The van der Waals surface area contributed by atoms with Gasteiger partial charge in [0.2, 0.25) is 11.8 Å². The molecule has 0 spiro atoms. The first-order valence-electron chi connectivity index (χ1n) is 7.68. The summed E-state index contributed by atoms with van der Waals surface area (Å²) < 4.78 is 0.803. The van der Waals surface area contributed by atoms with Crippen molar-refractivity contribution in [3.8, 4) is 0 Å². The van der Waals surface area contributed by atoms with Crippen LogP contribution in [0.1, 0.15) is 6.92 Å². The summed E-state index contributed by atoms with van der Waals surface area (Å²) in [4.78, 5) is 26.2. The number of anilines is 2. The predicted molar refractivity (Wildman–Crippen MR) is 105 cm³/mol. The Labute approximate surface area is 160 Å². The van der Waals surface area contributed by atoms with Crippen LogP contribution in [0.3, 0.4) is 0 Å². The van der Waals surface area contributed by atoms with Gasteiger partial charge in [0.05, 0.1) is 18.3 Å². The van der Waals surface area contributed by atoms with E-state index in [9.17, 15) is 9.59 Å². The number of hydrogen-bond acceptors (Lipinski definition) is 3. The highest BCUT2D eigenvalue weighted by molar-refractivity contribution is 9.10. The molecule has 0 saturated carbocycles. The van der Waals surface area contributed by atoms with E-state index in [0.717, 1.165) is 4.47 Å². The maximum atomic E-state index is 12.3. The molecule has 2 aromatic carbocycles. The monoisotopic (exact) mass is 423 g/mol. The maximum absolute atomic E-state index is 12.3. The number of carbonyl (C=O) groups excluding carboxylic acids is 2. The lowest BCUT2D eigenvalue weighted by molar-refractivity contribution is -0.122. The van der Waals surface area contributed by atoms with Gasteiger partial charge in [-0.05, 0) is 60.2 Å². The molecule has 0 aliphatic carbocycles. The second-order valence-corrected chi connectivity index (χ2v) is 6.91. The van der Waals surface area contributed by atoms with Gasteiger partial charge in [-0.3, -0.25) is 14.5 Å². The van der Waals surface area contributed by atoms with Gasteiger partial charge >= 0.3 is 0 Å². The molecule has 0 unspecified atom stereocenters. The van der Waals surface area contributed by atoms with E-state index in [1.807, 2.05) is 18.2 Å². The van der Waals surface area contributed by atoms with Crippen molar-refractivity contribution in [1.82, 2.24) is 4.90 Å². The van der Waals surface area contributed by atoms with Crippen LogP contribution in [0.2, 0.25) is 5.02 Å². The lowest BCUT2D eigenvalue weighted by Gasteiger charge is -2.23. The van der Waals surface area contributed by atoms with E-state index < -0.39 is 6.04 Å². The average Bonchev–Trinajstić information content (AvgIpc) is 2.56. The fraction of sp³-hybridized carbons (Fsp3) is 0.222. The standard InChI is InChI=1S/C18H19BrClN3O2/c1-12(18(25)21-14-7-5-6-13(20)10-14)23(2)11-17(24)22-16-9-4-3-8-15(16)19/h3-10,12H,11H2,1-2H3,(H,21,25)(H,22,24)/t12-/m1/s1. The molecule has 0 heterocycles. The highest BCUT2D eigenvalue weighted by Gasteiger charge is 2.20. The van der Waals surface area contributed by atoms with E-state index in [-0.39, 0.29) is 18.4 Å². The summed E-state index contributed by atoms with van der Waals surface area (Å²) in [6, 6.07) is 13.8. The number of carbonyl (C=O) groups is 2. The molecule has 0 aliphatic rings. The molecule has 0 aromatic heterocycles. The molecule has 0 radical (unpaired) electrons. The van der Waals surface area contributed by atoms with Crippen molar-refractivity contribution in [2.45, 2.75) is 13.0 Å². The van der Waals surface area contributed by atoms with Gasteiger partial charge in [0.15, 0.2) is 0 Å². The molecule has 25 heavy (non-hydrogen) atoms. The van der Waals surface area contributed by atoms with E-state index in [4.69, 9.17) is 11.6 Å². The number of benzene rings is 2. The number of rotatable bonds is 6. The Bertz CT molecular complexity index is 769. The zero-order chi connectivity index (χ0) is 18.4.